The molecule has 0 radical (unpaired) electrons. The number of hydrogen-bond acceptors (Lipinski definition) is 4. The molecule has 0 N–H and O–H groups in total. The van der Waals surface area contributed by atoms with Crippen LogP contribution < -0.4 is 0 Å². The van der Waals surface area contributed by atoms with Gasteiger partial charge in [-0.1, -0.05) is 90.9 Å². The molecule has 6 heteroatoms. The Morgan fingerprint density at radius 1 is 0.340 bits per heavy atom. The molecule has 284 valence electrons. The Morgan fingerprint density at radius 2 is 0.660 bits per heavy atom. The molecule has 0 saturated heterocycles. The van der Waals surface area contributed by atoms with Crippen molar-refractivity contribution in [2.45, 2.75) is 158 Å². The van der Waals surface area contributed by atoms with Gasteiger partial charge in [-0.05, 0) is 67.2 Å². The number of ether oxygens (including phenoxy) is 4. The summed E-state index contributed by atoms with van der Waals surface area (Å²) < 4.78 is 27.9. The van der Waals surface area contributed by atoms with Crippen molar-refractivity contribution < 1.29 is 27.9 Å². The van der Waals surface area contributed by atoms with Crippen molar-refractivity contribution >= 4 is 0 Å². The number of likely N-dealkylation sites (N-methyl/N-ethyl adjacent to an activating group) is 2. The lowest BCUT2D eigenvalue weighted by Gasteiger charge is -2.38. The van der Waals surface area contributed by atoms with Crippen molar-refractivity contribution in [3.05, 3.63) is 0 Å². The van der Waals surface area contributed by atoms with E-state index in [1.54, 1.807) is 0 Å². The number of hydrogen-bond donors (Lipinski definition) is 0. The lowest BCUT2D eigenvalue weighted by molar-refractivity contribution is -0.923. The molecular formula is C41H88N2O4+2. The third-order valence-corrected chi connectivity index (χ3v) is 11.4. The minimum Gasteiger partial charge on any atom is -0.381 e. The third kappa shape index (κ3) is 23.0. The zero-order valence-electron chi connectivity index (χ0n) is 33.7. The summed E-state index contributed by atoms with van der Waals surface area (Å²) in [5.74, 6) is 0. The van der Waals surface area contributed by atoms with Crippen molar-refractivity contribution in [2.75, 3.05) is 105 Å². The van der Waals surface area contributed by atoms with E-state index in [2.05, 4.69) is 55.4 Å². The highest BCUT2D eigenvalue weighted by Crippen LogP contribution is 2.28. The van der Waals surface area contributed by atoms with E-state index in [0.717, 1.165) is 94.2 Å². The van der Waals surface area contributed by atoms with Crippen molar-refractivity contribution in [3.63, 3.8) is 0 Å². The maximum atomic E-state index is 6.61. The minimum atomic E-state index is -0.0859. The van der Waals surface area contributed by atoms with Crippen LogP contribution in [-0.2, 0) is 18.9 Å². The van der Waals surface area contributed by atoms with Gasteiger partial charge >= 0.3 is 0 Å². The topological polar surface area (TPSA) is 36.9 Å². The maximum absolute atomic E-state index is 6.61. The summed E-state index contributed by atoms with van der Waals surface area (Å²) in [6.07, 6.45) is 20.3. The average molecular weight is 673 g/mol. The van der Waals surface area contributed by atoms with Gasteiger partial charge in [-0.25, -0.2) is 0 Å². The summed E-state index contributed by atoms with van der Waals surface area (Å²) in [4.78, 5) is 0. The number of rotatable bonds is 38. The van der Waals surface area contributed by atoms with Gasteiger partial charge in [-0.2, -0.15) is 0 Å². The largest absolute Gasteiger partial charge is 0.381 e. The zero-order chi connectivity index (χ0) is 35.0. The van der Waals surface area contributed by atoms with Crippen LogP contribution in [0.2, 0.25) is 0 Å². The first kappa shape index (κ1) is 46.8. The van der Waals surface area contributed by atoms with E-state index in [1.807, 2.05) is 0 Å². The Kier molecular flexibility index (Phi) is 31.6. The van der Waals surface area contributed by atoms with E-state index in [1.165, 1.54) is 123 Å². The number of unbranched alkanes of at least 4 members (excludes halogenated alkanes) is 12. The Bertz CT molecular complexity index is 568. The van der Waals surface area contributed by atoms with Gasteiger partial charge in [0.05, 0.1) is 72.3 Å². The molecule has 0 aliphatic heterocycles. The molecule has 0 bridgehead atoms. The van der Waals surface area contributed by atoms with E-state index in [4.69, 9.17) is 18.9 Å². The van der Waals surface area contributed by atoms with Crippen LogP contribution in [0.5, 0.6) is 0 Å². The molecule has 0 heterocycles. The second kappa shape index (κ2) is 31.7. The van der Waals surface area contributed by atoms with Gasteiger partial charge in [0.25, 0.3) is 0 Å². The van der Waals surface area contributed by atoms with E-state index in [-0.39, 0.29) is 5.41 Å². The maximum Gasteiger partial charge on any atom is 0.102 e. The summed E-state index contributed by atoms with van der Waals surface area (Å²) in [6, 6.07) is 0. The van der Waals surface area contributed by atoms with Crippen LogP contribution in [0.25, 0.3) is 0 Å². The first-order valence-electron chi connectivity index (χ1n) is 20.9. The molecule has 0 aromatic heterocycles. The summed E-state index contributed by atoms with van der Waals surface area (Å²) in [5, 5.41) is 0. The smallest absolute Gasteiger partial charge is 0.102 e. The van der Waals surface area contributed by atoms with E-state index < -0.39 is 0 Å². The van der Waals surface area contributed by atoms with Crippen LogP contribution >= 0.6 is 0 Å². The van der Waals surface area contributed by atoms with Crippen LogP contribution in [0.3, 0.4) is 0 Å². The lowest BCUT2D eigenvalue weighted by atomic mass is 9.84. The molecule has 0 fully saturated rings. The van der Waals surface area contributed by atoms with Crippen molar-refractivity contribution in [1.29, 1.82) is 0 Å². The lowest BCUT2D eigenvalue weighted by Crippen LogP contribution is -2.50. The fourth-order valence-electron chi connectivity index (χ4n) is 6.97. The Balaban J connectivity index is 5.30. The fraction of sp³-hybridized carbons (Fsp3) is 1.00. The molecule has 0 atom stereocenters. The summed E-state index contributed by atoms with van der Waals surface area (Å²) in [7, 11) is 0. The number of quaternary nitrogens is 2. The van der Waals surface area contributed by atoms with Crippen LogP contribution in [0.4, 0.5) is 0 Å². The monoisotopic (exact) mass is 673 g/mol. The van der Waals surface area contributed by atoms with Crippen molar-refractivity contribution in [3.8, 4) is 0 Å². The zero-order valence-corrected chi connectivity index (χ0v) is 33.7. The summed E-state index contributed by atoms with van der Waals surface area (Å²) in [5.41, 5.74) is -0.0859. The van der Waals surface area contributed by atoms with Crippen molar-refractivity contribution in [2.24, 2.45) is 5.41 Å². The van der Waals surface area contributed by atoms with Crippen LogP contribution in [-0.4, -0.2) is 114 Å². The molecule has 0 aliphatic carbocycles. The Labute approximate surface area is 296 Å². The van der Waals surface area contributed by atoms with E-state index in [9.17, 15) is 0 Å². The standard InChI is InChI=1S/C41H88N2O4/c1-9-17-19-20-21-22-24-29-35-45-38-41(39-46-36-31-42(11-3,12-4)13-5,40-47-37-32-43(14-6,15-7)16-8)30-26-23-25-28-34-44-33-27-18-10-2/h9-40H2,1-8H3/q+2. The molecule has 0 amide bonds. The normalized spacial score (nSPS) is 12.8. The highest BCUT2D eigenvalue weighted by molar-refractivity contribution is 4.80. The molecule has 0 saturated carbocycles. The second-order valence-corrected chi connectivity index (χ2v) is 14.6. The second-order valence-electron chi connectivity index (χ2n) is 14.6. The molecule has 47 heavy (non-hydrogen) atoms. The Hall–Kier alpha value is -0.240. The van der Waals surface area contributed by atoms with Crippen LogP contribution in [0.15, 0.2) is 0 Å². The fourth-order valence-corrected chi connectivity index (χ4v) is 6.97. The predicted molar refractivity (Wildman–Crippen MR) is 204 cm³/mol. The molecule has 0 aromatic carbocycles. The molecular weight excluding hydrogens is 584 g/mol. The minimum absolute atomic E-state index is 0.0859. The summed E-state index contributed by atoms with van der Waals surface area (Å²) in [6.45, 7) is 34.2. The van der Waals surface area contributed by atoms with E-state index >= 15 is 0 Å². The SMILES string of the molecule is CCCCCCCCCCOCC(CCCCCCOCCCCC)(COCC[N+](CC)(CC)CC)COCC[N+](CC)(CC)CC. The third-order valence-electron chi connectivity index (χ3n) is 11.4. The first-order valence-corrected chi connectivity index (χ1v) is 20.9. The molecule has 0 unspecified atom stereocenters. The summed E-state index contributed by atoms with van der Waals surface area (Å²) >= 11 is 0. The highest BCUT2D eigenvalue weighted by Gasteiger charge is 2.33. The molecule has 0 aromatic rings. The Morgan fingerprint density at radius 3 is 1.09 bits per heavy atom. The van der Waals surface area contributed by atoms with Crippen LogP contribution in [0, 0.1) is 5.41 Å². The number of nitrogens with zero attached hydrogens (tertiary/aromatic N) is 2. The van der Waals surface area contributed by atoms with Gasteiger partial charge in [-0.3, -0.25) is 0 Å². The van der Waals surface area contributed by atoms with Crippen LogP contribution in [0.1, 0.15) is 158 Å². The van der Waals surface area contributed by atoms with Gasteiger partial charge in [0.2, 0.25) is 0 Å². The predicted octanol–water partition coefficient (Wildman–Crippen LogP) is 10.1. The first-order chi connectivity index (χ1) is 22.9. The van der Waals surface area contributed by atoms with Gasteiger partial charge < -0.3 is 27.9 Å². The van der Waals surface area contributed by atoms with Gasteiger partial charge in [0, 0.05) is 25.2 Å². The molecule has 0 rings (SSSR count). The van der Waals surface area contributed by atoms with Crippen molar-refractivity contribution in [1.82, 2.24) is 0 Å². The molecule has 0 spiro atoms. The molecule has 6 nitrogen and oxygen atoms in total. The van der Waals surface area contributed by atoms with Gasteiger partial charge in [0.1, 0.15) is 13.1 Å². The average Bonchev–Trinajstić information content (AvgIpc) is 3.10. The molecule has 0 aliphatic rings. The highest BCUT2D eigenvalue weighted by atomic mass is 16.5. The van der Waals surface area contributed by atoms with E-state index in [0.29, 0.717) is 0 Å². The van der Waals surface area contributed by atoms with Gasteiger partial charge in [0.15, 0.2) is 0 Å². The quantitative estimate of drug-likeness (QED) is 0.0483. The van der Waals surface area contributed by atoms with Gasteiger partial charge in [-0.15, -0.1) is 0 Å².